The van der Waals surface area contributed by atoms with Crippen LogP contribution in [0.1, 0.15) is 50.1 Å². The van der Waals surface area contributed by atoms with E-state index in [0.29, 0.717) is 12.8 Å². The number of halogens is 1. The maximum absolute atomic E-state index is 13.1. The molecule has 2 aliphatic carbocycles. The summed E-state index contributed by atoms with van der Waals surface area (Å²) in [6.07, 6.45) is 9.96. The van der Waals surface area contributed by atoms with Gasteiger partial charge in [-0.1, -0.05) is 0 Å². The standard InChI is InChI=1S/C13H20FN3/c14-11-1-2-12(7-11)17-9-10(8-16-17)3-4-13(15)5-6-13/h8-9,11-12H,1-7,15H2. The van der Waals surface area contributed by atoms with Gasteiger partial charge in [0, 0.05) is 18.2 Å². The van der Waals surface area contributed by atoms with Gasteiger partial charge < -0.3 is 5.73 Å². The molecular weight excluding hydrogens is 217 g/mol. The van der Waals surface area contributed by atoms with Crippen molar-refractivity contribution in [1.82, 2.24) is 9.78 Å². The van der Waals surface area contributed by atoms with Gasteiger partial charge in [-0.05, 0) is 44.1 Å². The molecule has 2 aliphatic rings. The molecule has 2 saturated carbocycles. The van der Waals surface area contributed by atoms with E-state index in [4.69, 9.17) is 5.73 Å². The summed E-state index contributed by atoms with van der Waals surface area (Å²) >= 11 is 0. The van der Waals surface area contributed by atoms with Crippen molar-refractivity contribution in [3.8, 4) is 0 Å². The Bertz CT molecular complexity index is 397. The molecule has 0 bridgehead atoms. The maximum Gasteiger partial charge on any atom is 0.102 e. The lowest BCUT2D eigenvalue weighted by Crippen LogP contribution is -2.21. The van der Waals surface area contributed by atoms with Crippen LogP contribution in [0, 0.1) is 0 Å². The van der Waals surface area contributed by atoms with Gasteiger partial charge in [0.1, 0.15) is 6.17 Å². The first-order valence-corrected chi connectivity index (χ1v) is 6.61. The molecule has 2 fully saturated rings. The van der Waals surface area contributed by atoms with Gasteiger partial charge >= 0.3 is 0 Å². The number of hydrogen-bond donors (Lipinski definition) is 1. The third kappa shape index (κ3) is 2.51. The summed E-state index contributed by atoms with van der Waals surface area (Å²) in [5.74, 6) is 0. The highest BCUT2D eigenvalue weighted by Crippen LogP contribution is 2.37. The van der Waals surface area contributed by atoms with E-state index < -0.39 is 6.17 Å². The number of hydrogen-bond acceptors (Lipinski definition) is 2. The lowest BCUT2D eigenvalue weighted by Gasteiger charge is -2.09. The van der Waals surface area contributed by atoms with Crippen LogP contribution in [-0.4, -0.2) is 21.5 Å². The molecule has 0 amide bonds. The summed E-state index contributed by atoms with van der Waals surface area (Å²) in [5, 5.41) is 4.36. The molecule has 94 valence electrons. The second kappa shape index (κ2) is 4.09. The number of rotatable bonds is 4. The third-order valence-corrected chi connectivity index (χ3v) is 4.17. The first-order valence-electron chi connectivity index (χ1n) is 6.61. The number of nitrogens with two attached hydrogens (primary N) is 1. The Labute approximate surface area is 101 Å². The molecule has 2 N–H and O–H groups in total. The molecule has 4 heteroatoms. The fourth-order valence-electron chi connectivity index (χ4n) is 2.65. The Kier molecular flexibility index (Phi) is 2.69. The monoisotopic (exact) mass is 237 g/mol. The molecule has 3 nitrogen and oxygen atoms in total. The number of aryl methyl sites for hydroxylation is 1. The fraction of sp³-hybridized carbons (Fsp3) is 0.769. The van der Waals surface area contributed by atoms with Crippen molar-refractivity contribution in [3.63, 3.8) is 0 Å². The van der Waals surface area contributed by atoms with Gasteiger partial charge in [0.05, 0.1) is 12.2 Å². The van der Waals surface area contributed by atoms with Crippen LogP contribution < -0.4 is 5.73 Å². The van der Waals surface area contributed by atoms with Gasteiger partial charge in [-0.15, -0.1) is 0 Å². The van der Waals surface area contributed by atoms with Crippen molar-refractivity contribution >= 4 is 0 Å². The SMILES string of the molecule is NC1(CCc2cnn(C3CCC(F)C3)c2)CC1. The van der Waals surface area contributed by atoms with Crippen LogP contribution in [0.4, 0.5) is 4.39 Å². The Hall–Kier alpha value is -0.900. The molecule has 1 aromatic rings. The minimum Gasteiger partial charge on any atom is -0.325 e. The van der Waals surface area contributed by atoms with Crippen molar-refractivity contribution in [3.05, 3.63) is 18.0 Å². The van der Waals surface area contributed by atoms with E-state index in [2.05, 4.69) is 11.3 Å². The van der Waals surface area contributed by atoms with Crippen LogP contribution >= 0.6 is 0 Å². The lowest BCUT2D eigenvalue weighted by molar-refractivity contribution is 0.326. The van der Waals surface area contributed by atoms with Crippen molar-refractivity contribution in [2.45, 2.75) is 62.7 Å². The van der Waals surface area contributed by atoms with Crippen LogP contribution in [-0.2, 0) is 6.42 Å². The van der Waals surface area contributed by atoms with Crippen LogP contribution in [0.25, 0.3) is 0 Å². The highest BCUT2D eigenvalue weighted by Gasteiger charge is 2.37. The fourth-order valence-corrected chi connectivity index (χ4v) is 2.65. The van der Waals surface area contributed by atoms with E-state index in [1.54, 1.807) is 0 Å². The van der Waals surface area contributed by atoms with Crippen LogP contribution in [0.3, 0.4) is 0 Å². The van der Waals surface area contributed by atoms with Crippen molar-refractivity contribution in [2.24, 2.45) is 5.73 Å². The van der Waals surface area contributed by atoms with Crippen molar-refractivity contribution in [1.29, 1.82) is 0 Å². The summed E-state index contributed by atoms with van der Waals surface area (Å²) in [4.78, 5) is 0. The van der Waals surface area contributed by atoms with Crippen molar-refractivity contribution in [2.75, 3.05) is 0 Å². The van der Waals surface area contributed by atoms with E-state index in [1.165, 1.54) is 5.56 Å². The van der Waals surface area contributed by atoms with Gasteiger partial charge in [-0.3, -0.25) is 4.68 Å². The Balaban J connectivity index is 1.58. The van der Waals surface area contributed by atoms with Crippen molar-refractivity contribution < 1.29 is 4.39 Å². The predicted octanol–water partition coefficient (Wildman–Crippen LogP) is 2.37. The first kappa shape index (κ1) is 11.2. The average molecular weight is 237 g/mol. The van der Waals surface area contributed by atoms with Crippen LogP contribution in [0.5, 0.6) is 0 Å². The van der Waals surface area contributed by atoms with Crippen LogP contribution in [0.15, 0.2) is 12.4 Å². The minimum atomic E-state index is -0.633. The van der Waals surface area contributed by atoms with Gasteiger partial charge in [0.15, 0.2) is 0 Å². The number of alkyl halides is 1. The molecule has 17 heavy (non-hydrogen) atoms. The van der Waals surface area contributed by atoms with E-state index in [-0.39, 0.29) is 11.6 Å². The summed E-state index contributed by atoms with van der Waals surface area (Å²) in [6.45, 7) is 0. The number of aromatic nitrogens is 2. The Morgan fingerprint density at radius 3 is 2.94 bits per heavy atom. The highest BCUT2D eigenvalue weighted by atomic mass is 19.1. The third-order valence-electron chi connectivity index (χ3n) is 4.17. The maximum atomic E-state index is 13.1. The molecule has 1 heterocycles. The number of nitrogens with zero attached hydrogens (tertiary/aromatic N) is 2. The smallest absolute Gasteiger partial charge is 0.102 e. The van der Waals surface area contributed by atoms with Gasteiger partial charge in [-0.25, -0.2) is 4.39 Å². The summed E-state index contributed by atoms with van der Waals surface area (Å²) in [6, 6.07) is 0.270. The predicted molar refractivity (Wildman–Crippen MR) is 64.5 cm³/mol. The lowest BCUT2D eigenvalue weighted by atomic mass is 10.1. The van der Waals surface area contributed by atoms with E-state index >= 15 is 0 Å². The quantitative estimate of drug-likeness (QED) is 0.873. The molecule has 2 atom stereocenters. The van der Waals surface area contributed by atoms with Gasteiger partial charge in [0.25, 0.3) is 0 Å². The molecule has 1 aromatic heterocycles. The van der Waals surface area contributed by atoms with Crippen LogP contribution in [0.2, 0.25) is 0 Å². The molecule has 0 saturated heterocycles. The second-order valence-electron chi connectivity index (χ2n) is 5.76. The molecule has 0 radical (unpaired) electrons. The average Bonchev–Trinajstić information content (AvgIpc) is 2.75. The normalized spacial score (nSPS) is 30.7. The summed E-state index contributed by atoms with van der Waals surface area (Å²) in [5.41, 5.74) is 7.42. The second-order valence-corrected chi connectivity index (χ2v) is 5.76. The van der Waals surface area contributed by atoms with Gasteiger partial charge in [0.2, 0.25) is 0 Å². The first-order chi connectivity index (χ1) is 8.15. The zero-order valence-electron chi connectivity index (χ0n) is 10.1. The minimum absolute atomic E-state index is 0.111. The molecule has 0 aromatic carbocycles. The van der Waals surface area contributed by atoms with Gasteiger partial charge in [-0.2, -0.15) is 5.10 Å². The molecule has 0 aliphatic heterocycles. The molecule has 2 unspecified atom stereocenters. The zero-order chi connectivity index (χ0) is 11.9. The highest BCUT2D eigenvalue weighted by molar-refractivity contribution is 5.09. The zero-order valence-corrected chi connectivity index (χ0v) is 10.1. The van der Waals surface area contributed by atoms with E-state index in [1.807, 2.05) is 10.9 Å². The Morgan fingerprint density at radius 1 is 1.47 bits per heavy atom. The molecule has 0 spiro atoms. The van der Waals surface area contributed by atoms with E-state index in [9.17, 15) is 4.39 Å². The summed E-state index contributed by atoms with van der Waals surface area (Å²) < 4.78 is 15.1. The Morgan fingerprint density at radius 2 is 2.29 bits per heavy atom. The molecule has 3 rings (SSSR count). The molecular formula is C13H20FN3. The van der Waals surface area contributed by atoms with E-state index in [0.717, 1.165) is 32.1 Å². The largest absolute Gasteiger partial charge is 0.325 e. The summed E-state index contributed by atoms with van der Waals surface area (Å²) in [7, 11) is 0. The topological polar surface area (TPSA) is 43.8 Å².